The maximum atomic E-state index is 12.5. The molecule has 2 N–H and O–H groups in total. The van der Waals surface area contributed by atoms with Crippen molar-refractivity contribution < 1.29 is 14.4 Å². The summed E-state index contributed by atoms with van der Waals surface area (Å²) in [6, 6.07) is 6.61. The van der Waals surface area contributed by atoms with E-state index in [2.05, 4.69) is 22.2 Å². The number of benzene rings is 1. The summed E-state index contributed by atoms with van der Waals surface area (Å²) in [6.45, 7) is 7.32. The number of rotatable bonds is 4. The van der Waals surface area contributed by atoms with Gasteiger partial charge >= 0.3 is 0 Å². The molecule has 0 fully saturated rings. The Morgan fingerprint density at radius 3 is 2.63 bits per heavy atom. The Morgan fingerprint density at radius 2 is 2.00 bits per heavy atom. The molecule has 0 spiro atoms. The van der Waals surface area contributed by atoms with Crippen molar-refractivity contribution >= 4 is 39.9 Å². The molecule has 1 aromatic heterocycles. The number of fused-ring (bicyclic) bond motifs is 1. The van der Waals surface area contributed by atoms with Gasteiger partial charge in [0.05, 0.1) is 5.69 Å². The molecular weight excluding hydrogens is 364 g/mol. The Bertz CT molecular complexity index is 931. The van der Waals surface area contributed by atoms with Crippen molar-refractivity contribution in [3.8, 4) is 0 Å². The maximum Gasteiger partial charge on any atom is 0.263 e. The van der Waals surface area contributed by atoms with E-state index in [4.69, 9.17) is 0 Å². The van der Waals surface area contributed by atoms with E-state index in [0.29, 0.717) is 33.4 Å². The van der Waals surface area contributed by atoms with Crippen LogP contribution in [-0.2, 0) is 11.2 Å². The third-order valence-corrected chi connectivity index (χ3v) is 5.22. The zero-order valence-corrected chi connectivity index (χ0v) is 16.1. The standard InChI is InChI=1S/C19H20N4O3S/c1-5-14(24)23(4)12-8-6-11(7-9-12)16(25)21-18-20-13-10-19(2,3)22-17(26)15(13)27-18/h5-9H,1,10H2,2-4H3,(H,22,26)(H,20,21,25). The normalized spacial score (nSPS) is 14.7. The van der Waals surface area contributed by atoms with Gasteiger partial charge in [0, 0.05) is 30.3 Å². The Kier molecular flexibility index (Phi) is 4.84. The number of hydrogen-bond acceptors (Lipinski definition) is 5. The van der Waals surface area contributed by atoms with E-state index in [1.54, 1.807) is 31.3 Å². The lowest BCUT2D eigenvalue weighted by molar-refractivity contribution is -0.113. The van der Waals surface area contributed by atoms with Crippen LogP contribution in [0, 0.1) is 0 Å². The third-order valence-electron chi connectivity index (χ3n) is 4.21. The van der Waals surface area contributed by atoms with Crippen LogP contribution in [0.15, 0.2) is 36.9 Å². The molecule has 3 rings (SSSR count). The zero-order chi connectivity index (χ0) is 19.8. The topological polar surface area (TPSA) is 91.4 Å². The molecule has 0 saturated heterocycles. The monoisotopic (exact) mass is 384 g/mol. The fourth-order valence-electron chi connectivity index (χ4n) is 2.80. The second kappa shape index (κ2) is 6.96. The van der Waals surface area contributed by atoms with E-state index >= 15 is 0 Å². The average molecular weight is 384 g/mol. The van der Waals surface area contributed by atoms with Crippen LogP contribution in [0.25, 0.3) is 0 Å². The molecule has 0 radical (unpaired) electrons. The van der Waals surface area contributed by atoms with Gasteiger partial charge in [-0.2, -0.15) is 0 Å². The summed E-state index contributed by atoms with van der Waals surface area (Å²) in [5, 5.41) is 6.05. The number of carbonyl (C=O) groups excluding carboxylic acids is 3. The van der Waals surface area contributed by atoms with Gasteiger partial charge in [0.1, 0.15) is 4.88 Å². The number of thiazole rings is 1. The molecule has 2 aromatic rings. The lowest BCUT2D eigenvalue weighted by atomic mass is 9.94. The summed E-state index contributed by atoms with van der Waals surface area (Å²) >= 11 is 1.16. The number of amides is 3. The first-order chi connectivity index (χ1) is 12.7. The molecule has 1 aliphatic heterocycles. The minimum absolute atomic E-state index is 0.168. The van der Waals surface area contributed by atoms with Crippen molar-refractivity contribution in [1.82, 2.24) is 10.3 Å². The van der Waals surface area contributed by atoms with Gasteiger partial charge in [-0.25, -0.2) is 4.98 Å². The molecular formula is C19H20N4O3S. The minimum Gasteiger partial charge on any atom is -0.346 e. The predicted octanol–water partition coefficient (Wildman–Crippen LogP) is 2.61. The highest BCUT2D eigenvalue weighted by molar-refractivity contribution is 7.17. The van der Waals surface area contributed by atoms with Crippen LogP contribution >= 0.6 is 11.3 Å². The largest absolute Gasteiger partial charge is 0.346 e. The number of anilines is 2. The highest BCUT2D eigenvalue weighted by atomic mass is 32.1. The fraction of sp³-hybridized carbons (Fsp3) is 0.263. The number of nitrogens with one attached hydrogen (secondary N) is 2. The van der Waals surface area contributed by atoms with Crippen molar-refractivity contribution in [2.45, 2.75) is 25.8 Å². The molecule has 3 amide bonds. The van der Waals surface area contributed by atoms with Gasteiger partial charge in [-0.1, -0.05) is 17.9 Å². The van der Waals surface area contributed by atoms with E-state index in [9.17, 15) is 14.4 Å². The summed E-state index contributed by atoms with van der Waals surface area (Å²) in [6.07, 6.45) is 1.83. The Morgan fingerprint density at radius 1 is 1.33 bits per heavy atom. The number of likely N-dealkylation sites (N-methyl/N-ethyl adjacent to an activating group) is 1. The Balaban J connectivity index is 1.74. The number of hydrogen-bond donors (Lipinski definition) is 2. The summed E-state index contributed by atoms with van der Waals surface area (Å²) < 4.78 is 0. The second-order valence-electron chi connectivity index (χ2n) is 6.91. The zero-order valence-electron chi connectivity index (χ0n) is 15.3. The van der Waals surface area contributed by atoms with Crippen LogP contribution < -0.4 is 15.5 Å². The van der Waals surface area contributed by atoms with Gasteiger partial charge in [-0.15, -0.1) is 0 Å². The molecule has 27 heavy (non-hydrogen) atoms. The van der Waals surface area contributed by atoms with Crippen LogP contribution in [0.1, 0.15) is 39.6 Å². The average Bonchev–Trinajstić information content (AvgIpc) is 3.01. The number of nitrogens with zero attached hydrogens (tertiary/aromatic N) is 2. The quantitative estimate of drug-likeness (QED) is 0.793. The lowest BCUT2D eigenvalue weighted by Crippen LogP contribution is -2.48. The molecule has 0 saturated carbocycles. The van der Waals surface area contributed by atoms with Gasteiger partial charge in [0.15, 0.2) is 5.13 Å². The van der Waals surface area contributed by atoms with Crippen molar-refractivity contribution in [3.05, 3.63) is 53.1 Å². The van der Waals surface area contributed by atoms with Crippen molar-refractivity contribution in [1.29, 1.82) is 0 Å². The van der Waals surface area contributed by atoms with Crippen LogP contribution in [-0.4, -0.2) is 35.3 Å². The summed E-state index contributed by atoms with van der Waals surface area (Å²) in [7, 11) is 1.63. The smallest absolute Gasteiger partial charge is 0.263 e. The Labute approximate surface area is 161 Å². The molecule has 0 aliphatic carbocycles. The SMILES string of the molecule is C=CC(=O)N(C)c1ccc(C(=O)Nc2nc3c(s2)C(=O)NC(C)(C)C3)cc1. The van der Waals surface area contributed by atoms with Crippen LogP contribution in [0.3, 0.4) is 0 Å². The predicted molar refractivity (Wildman–Crippen MR) is 105 cm³/mol. The number of carbonyl (C=O) groups is 3. The van der Waals surface area contributed by atoms with Gasteiger partial charge in [-0.3, -0.25) is 19.7 Å². The second-order valence-corrected chi connectivity index (χ2v) is 7.91. The highest BCUT2D eigenvalue weighted by Gasteiger charge is 2.33. The summed E-state index contributed by atoms with van der Waals surface area (Å²) in [4.78, 5) is 42.6. The van der Waals surface area contributed by atoms with Crippen molar-refractivity contribution in [3.63, 3.8) is 0 Å². The van der Waals surface area contributed by atoms with E-state index < -0.39 is 0 Å². The summed E-state index contributed by atoms with van der Waals surface area (Å²) in [5.74, 6) is -0.731. The third kappa shape index (κ3) is 3.90. The molecule has 0 unspecified atom stereocenters. The van der Waals surface area contributed by atoms with Gasteiger partial charge < -0.3 is 10.2 Å². The first-order valence-corrected chi connectivity index (χ1v) is 9.15. The molecule has 1 aliphatic rings. The van der Waals surface area contributed by atoms with E-state index in [-0.39, 0.29) is 23.3 Å². The van der Waals surface area contributed by atoms with Crippen molar-refractivity contribution in [2.24, 2.45) is 0 Å². The maximum absolute atomic E-state index is 12.5. The van der Waals surface area contributed by atoms with Crippen LogP contribution in [0.2, 0.25) is 0 Å². The van der Waals surface area contributed by atoms with Crippen LogP contribution in [0.5, 0.6) is 0 Å². The minimum atomic E-state index is -0.357. The Hall–Kier alpha value is -3.00. The van der Waals surface area contributed by atoms with E-state index in [1.165, 1.54) is 11.0 Å². The van der Waals surface area contributed by atoms with Gasteiger partial charge in [0.2, 0.25) is 5.91 Å². The molecule has 0 atom stereocenters. The molecule has 140 valence electrons. The lowest BCUT2D eigenvalue weighted by Gasteiger charge is -2.29. The highest BCUT2D eigenvalue weighted by Crippen LogP contribution is 2.30. The van der Waals surface area contributed by atoms with E-state index in [0.717, 1.165) is 11.3 Å². The van der Waals surface area contributed by atoms with Crippen LogP contribution in [0.4, 0.5) is 10.8 Å². The molecule has 1 aromatic carbocycles. The van der Waals surface area contributed by atoms with Crippen molar-refractivity contribution in [2.75, 3.05) is 17.3 Å². The molecule has 7 nitrogen and oxygen atoms in total. The van der Waals surface area contributed by atoms with E-state index in [1.807, 2.05) is 13.8 Å². The van der Waals surface area contributed by atoms with Gasteiger partial charge in [-0.05, 0) is 44.2 Å². The molecule has 8 heteroatoms. The summed E-state index contributed by atoms with van der Waals surface area (Å²) in [5.41, 5.74) is 1.42. The molecule has 2 heterocycles. The number of aromatic nitrogens is 1. The van der Waals surface area contributed by atoms with Gasteiger partial charge in [0.25, 0.3) is 11.8 Å². The molecule has 0 bridgehead atoms. The first kappa shape index (κ1) is 18.8. The first-order valence-electron chi connectivity index (χ1n) is 8.34. The fourth-order valence-corrected chi connectivity index (χ4v) is 3.67.